The number of nitro groups is 2. The van der Waals surface area contributed by atoms with Crippen LogP contribution in [0.1, 0.15) is 34.8 Å². The standard InChI is InChI=1S/C49H44N3O12P/c1-34(64-48(55)62-31-36-16-12-14-24-42(36)51(57)58)46-44(30-45(53)35-26-28-38(61-2)29-27-35)50(47(46)54)33-65(39-18-6-3-7-19-39,40-20-8-4-9-21-40,41-22-10-5-11-23-41)49(56)63-32-37-17-13-15-25-43(37)52(59)60/h3-29,34,44,46H,30-33H2,1-2H3. The quantitative estimate of drug-likeness (QED) is 0.0200. The molecule has 0 saturated carbocycles. The Kier molecular flexibility index (Phi) is 13.5. The molecule has 1 amide bonds. The van der Waals surface area contributed by atoms with Gasteiger partial charge in [0.15, 0.2) is 0 Å². The molecule has 1 saturated heterocycles. The third kappa shape index (κ3) is 8.65. The topological polar surface area (TPSA) is 195 Å². The zero-order valence-corrected chi connectivity index (χ0v) is 36.2. The molecule has 15 nitrogen and oxygen atoms in total. The van der Waals surface area contributed by atoms with Gasteiger partial charge >= 0.3 is 359 Å². The summed E-state index contributed by atoms with van der Waals surface area (Å²) in [6, 6.07) is 43.9. The van der Waals surface area contributed by atoms with Gasteiger partial charge in [0.2, 0.25) is 0 Å². The van der Waals surface area contributed by atoms with Crippen LogP contribution in [-0.2, 0) is 32.2 Å². The summed E-state index contributed by atoms with van der Waals surface area (Å²) in [6.07, 6.45) is -2.97. The Morgan fingerprint density at radius 3 is 1.55 bits per heavy atom. The van der Waals surface area contributed by atoms with E-state index < -0.39 is 65.5 Å². The van der Waals surface area contributed by atoms with Crippen LogP contribution in [0.5, 0.6) is 5.75 Å². The zero-order chi connectivity index (χ0) is 46.2. The molecule has 65 heavy (non-hydrogen) atoms. The molecule has 332 valence electrons. The number of nitrogens with zero attached hydrogens (tertiary/aromatic N) is 3. The minimum absolute atomic E-state index is 0.124. The van der Waals surface area contributed by atoms with Gasteiger partial charge in [-0.3, -0.25) is 10.1 Å². The maximum absolute atomic E-state index is 16.0. The average molecular weight is 898 g/mol. The summed E-state index contributed by atoms with van der Waals surface area (Å²) in [7, 11) is 1.50. The first kappa shape index (κ1) is 45.3. The van der Waals surface area contributed by atoms with Crippen LogP contribution in [0.15, 0.2) is 164 Å². The van der Waals surface area contributed by atoms with Gasteiger partial charge in [-0.2, -0.15) is 0 Å². The van der Waals surface area contributed by atoms with E-state index in [1.54, 1.807) is 127 Å². The first-order valence-electron chi connectivity index (χ1n) is 20.5. The van der Waals surface area contributed by atoms with Gasteiger partial charge in [-0.25, -0.2) is 0 Å². The van der Waals surface area contributed by atoms with Gasteiger partial charge in [0.25, 0.3) is 0 Å². The van der Waals surface area contributed by atoms with Crippen LogP contribution in [0.2, 0.25) is 0 Å². The Morgan fingerprint density at radius 2 is 1.09 bits per heavy atom. The number of methoxy groups -OCH3 is 1. The Bertz CT molecular complexity index is 2620. The number of amides is 1. The fourth-order valence-corrected chi connectivity index (χ4v) is 14.5. The van der Waals surface area contributed by atoms with Crippen molar-refractivity contribution in [2.75, 3.05) is 13.4 Å². The van der Waals surface area contributed by atoms with Gasteiger partial charge in [-0.05, 0) is 0 Å². The molecule has 0 spiro atoms. The summed E-state index contributed by atoms with van der Waals surface area (Å²) < 4.78 is 22.6. The van der Waals surface area contributed by atoms with Crippen molar-refractivity contribution in [1.29, 1.82) is 0 Å². The molecule has 3 unspecified atom stereocenters. The number of benzene rings is 6. The number of β-lactam (4-membered cyclic amide) rings is 1. The number of ketones is 1. The second-order valence-corrected chi connectivity index (χ2v) is 20.2. The molecular formula is C49H44N3O12P. The Hall–Kier alpha value is -7.77. The number of rotatable bonds is 18. The molecule has 6 aromatic carbocycles. The molecule has 0 aromatic heterocycles. The molecule has 1 heterocycles. The Morgan fingerprint density at radius 1 is 0.646 bits per heavy atom. The van der Waals surface area contributed by atoms with E-state index in [0.717, 1.165) is 0 Å². The van der Waals surface area contributed by atoms with E-state index in [9.17, 15) is 29.8 Å². The van der Waals surface area contributed by atoms with Crippen molar-refractivity contribution in [3.63, 3.8) is 0 Å². The molecule has 6 aromatic rings. The number of hydrogen-bond donors (Lipinski definition) is 0. The monoisotopic (exact) mass is 897 g/mol. The Balaban J connectivity index is 1.34. The van der Waals surface area contributed by atoms with Gasteiger partial charge in [0.1, 0.15) is 0 Å². The molecular weight excluding hydrogens is 854 g/mol. The van der Waals surface area contributed by atoms with Crippen molar-refractivity contribution in [2.24, 2.45) is 5.92 Å². The fraction of sp³-hybridized carbons (Fsp3) is 0.184. The number of hydrogen-bond acceptors (Lipinski definition) is 12. The number of para-hydroxylation sites is 2. The van der Waals surface area contributed by atoms with Crippen LogP contribution in [0.3, 0.4) is 0 Å². The molecule has 1 fully saturated rings. The minimum atomic E-state index is -4.89. The van der Waals surface area contributed by atoms with Crippen molar-refractivity contribution in [2.45, 2.75) is 38.7 Å². The second kappa shape index (κ2) is 19.3. The van der Waals surface area contributed by atoms with E-state index in [2.05, 4.69) is 0 Å². The number of ether oxygens (including phenoxy) is 4. The first-order valence-corrected chi connectivity index (χ1v) is 22.9. The predicted octanol–water partition coefficient (Wildman–Crippen LogP) is 8.48. The van der Waals surface area contributed by atoms with Crippen molar-refractivity contribution in [3.05, 3.63) is 201 Å². The van der Waals surface area contributed by atoms with Crippen molar-refractivity contribution in [3.8, 4) is 5.75 Å². The number of carbonyl (C=O) groups excluding carboxylic acids is 4. The van der Waals surface area contributed by atoms with Crippen LogP contribution in [-0.4, -0.2) is 63.8 Å². The third-order valence-electron chi connectivity index (χ3n) is 11.9. The van der Waals surface area contributed by atoms with Gasteiger partial charge in [0.05, 0.1) is 0 Å². The number of Topliss-reactive ketones (excluding diaryl/α,β-unsaturated/α-hetero) is 1. The molecule has 16 heteroatoms. The van der Waals surface area contributed by atoms with Crippen LogP contribution in [0.25, 0.3) is 0 Å². The summed E-state index contributed by atoms with van der Waals surface area (Å²) >= 11 is 0. The van der Waals surface area contributed by atoms with E-state index >= 15 is 9.59 Å². The van der Waals surface area contributed by atoms with Gasteiger partial charge < -0.3 is 0 Å². The molecule has 0 radical (unpaired) electrons. The molecule has 7 rings (SSSR count). The van der Waals surface area contributed by atoms with E-state index in [4.69, 9.17) is 18.9 Å². The summed E-state index contributed by atoms with van der Waals surface area (Å²) in [5, 5.41) is 25.2. The molecule has 0 bridgehead atoms. The summed E-state index contributed by atoms with van der Waals surface area (Å²) in [5.74, 6) is -1.50. The SMILES string of the molecule is COc1ccc(C(=O)CC2C(C(C)OC(=O)OCc3ccccc3[N+](=O)[O-])C(=O)N2CP(C(=O)OCc2ccccc2[N+](=O)[O-])(c2ccccc2)(c2ccccc2)c2ccccc2)cc1. The zero-order valence-electron chi connectivity index (χ0n) is 35.3. The fourth-order valence-electron chi connectivity index (χ4n) is 8.58. The van der Waals surface area contributed by atoms with Crippen LogP contribution in [0.4, 0.5) is 21.0 Å². The van der Waals surface area contributed by atoms with E-state index in [1.165, 1.54) is 55.3 Å². The molecule has 1 aliphatic rings. The van der Waals surface area contributed by atoms with E-state index in [0.29, 0.717) is 27.2 Å². The average Bonchev–Trinajstić information content (AvgIpc) is 3.34. The summed E-state index contributed by atoms with van der Waals surface area (Å²) in [4.78, 5) is 82.5. The van der Waals surface area contributed by atoms with Crippen LogP contribution >= 0.6 is 6.60 Å². The second-order valence-electron chi connectivity index (χ2n) is 15.4. The molecule has 0 N–H and O–H groups in total. The predicted molar refractivity (Wildman–Crippen MR) is 243 cm³/mol. The van der Waals surface area contributed by atoms with Crippen molar-refractivity contribution < 1.29 is 48.0 Å². The van der Waals surface area contributed by atoms with E-state index in [-0.39, 0.29) is 41.0 Å². The first-order chi connectivity index (χ1) is 31.4. The van der Waals surface area contributed by atoms with Gasteiger partial charge in [-0.15, -0.1) is 0 Å². The number of nitro benzene ring substituents is 2. The van der Waals surface area contributed by atoms with Gasteiger partial charge in [0, 0.05) is 0 Å². The maximum atomic E-state index is 16.0. The summed E-state index contributed by atoms with van der Waals surface area (Å²) in [6.45, 7) is -4.36. The van der Waals surface area contributed by atoms with Gasteiger partial charge in [-0.1, -0.05) is 6.07 Å². The summed E-state index contributed by atoms with van der Waals surface area (Å²) in [5.41, 5.74) is -0.647. The molecule has 0 aliphatic carbocycles. The van der Waals surface area contributed by atoms with E-state index in [1.807, 2.05) is 0 Å². The third-order valence-corrected chi connectivity index (χ3v) is 18.0. The number of carbonyl (C=O) groups is 4. The van der Waals surface area contributed by atoms with Crippen LogP contribution in [0, 0.1) is 26.1 Å². The Labute approximate surface area is 373 Å². The number of likely N-dealkylation sites (tertiary alicyclic amines) is 1. The van der Waals surface area contributed by atoms with Crippen LogP contribution < -0.4 is 20.7 Å². The molecule has 1 aliphatic heterocycles. The van der Waals surface area contributed by atoms with Crippen molar-refractivity contribution >= 4 is 57.4 Å². The normalized spacial score (nSPS) is 15.6. The molecule has 3 atom stereocenters. The van der Waals surface area contributed by atoms with Crippen molar-refractivity contribution in [1.82, 2.24) is 4.90 Å².